The molecule has 0 aromatic heterocycles. The van der Waals surface area contributed by atoms with Crippen LogP contribution in [0.2, 0.25) is 0 Å². The third-order valence-corrected chi connectivity index (χ3v) is 2.90. The van der Waals surface area contributed by atoms with E-state index in [2.05, 4.69) is 0 Å². The normalized spacial score (nSPS) is 21.7. The van der Waals surface area contributed by atoms with E-state index in [9.17, 15) is 14.4 Å². The van der Waals surface area contributed by atoms with Crippen molar-refractivity contribution >= 4 is 17.9 Å². The first-order chi connectivity index (χ1) is 7.18. The second-order valence-corrected chi connectivity index (χ2v) is 4.00. The van der Waals surface area contributed by atoms with Crippen LogP contribution < -0.4 is 0 Å². The van der Waals surface area contributed by atoms with Gasteiger partial charge in [0, 0.05) is 12.8 Å². The minimum absolute atomic E-state index is 0.122. The van der Waals surface area contributed by atoms with Crippen LogP contribution in [-0.4, -0.2) is 29.4 Å². The number of rotatable bonds is 2. The van der Waals surface area contributed by atoms with Gasteiger partial charge in [0.25, 0.3) is 0 Å². The third-order valence-electron chi connectivity index (χ3n) is 2.90. The van der Waals surface area contributed by atoms with Gasteiger partial charge in [-0.2, -0.15) is 4.90 Å². The van der Waals surface area contributed by atoms with Crippen LogP contribution in [0.3, 0.4) is 0 Å². The van der Waals surface area contributed by atoms with Crippen molar-refractivity contribution < 1.29 is 19.1 Å². The number of ether oxygens (including phenoxy) is 1. The zero-order valence-corrected chi connectivity index (χ0v) is 8.40. The monoisotopic (exact) mass is 211 g/mol. The summed E-state index contributed by atoms with van der Waals surface area (Å²) in [4.78, 5) is 34.3. The second-order valence-electron chi connectivity index (χ2n) is 4.00. The number of hydrogen-bond acceptors (Lipinski definition) is 4. The Morgan fingerprint density at radius 3 is 2.33 bits per heavy atom. The average Bonchev–Trinajstić information content (AvgIpc) is 2.43. The van der Waals surface area contributed by atoms with E-state index in [1.54, 1.807) is 0 Å². The fourth-order valence-electron chi connectivity index (χ4n) is 1.69. The molecule has 0 aromatic rings. The van der Waals surface area contributed by atoms with E-state index in [-0.39, 0.29) is 12.8 Å². The molecular weight excluding hydrogens is 198 g/mol. The van der Waals surface area contributed by atoms with Crippen LogP contribution >= 0.6 is 0 Å². The lowest BCUT2D eigenvalue weighted by atomic mass is 9.86. The van der Waals surface area contributed by atoms with E-state index >= 15 is 0 Å². The van der Waals surface area contributed by atoms with Gasteiger partial charge in [0.05, 0.1) is 6.61 Å². The topological polar surface area (TPSA) is 63.7 Å². The van der Waals surface area contributed by atoms with Gasteiger partial charge in [-0.15, -0.1) is 0 Å². The van der Waals surface area contributed by atoms with Gasteiger partial charge in [-0.1, -0.05) is 6.42 Å². The van der Waals surface area contributed by atoms with Crippen molar-refractivity contribution in [3.8, 4) is 0 Å². The molecule has 5 heteroatoms. The summed E-state index contributed by atoms with van der Waals surface area (Å²) in [6.45, 7) is 0.329. The number of hydrogen-bond donors (Lipinski definition) is 0. The van der Waals surface area contributed by atoms with Gasteiger partial charge in [-0.3, -0.25) is 9.59 Å². The molecule has 2 aliphatic rings. The molecule has 0 radical (unpaired) electrons. The predicted octanol–water partition coefficient (Wildman–Crippen LogP) is 1.07. The van der Waals surface area contributed by atoms with Crippen LogP contribution in [0.5, 0.6) is 0 Å². The van der Waals surface area contributed by atoms with Crippen LogP contribution in [0.25, 0.3) is 0 Å². The molecule has 1 saturated carbocycles. The van der Waals surface area contributed by atoms with E-state index < -0.39 is 17.9 Å². The molecule has 2 fully saturated rings. The Labute approximate surface area is 87.4 Å². The van der Waals surface area contributed by atoms with Crippen molar-refractivity contribution in [3.05, 3.63) is 0 Å². The Kier molecular flexibility index (Phi) is 2.70. The summed E-state index contributed by atoms with van der Waals surface area (Å²) in [5.74, 6) is -0.473. The molecule has 3 amide bonds. The fourth-order valence-corrected chi connectivity index (χ4v) is 1.69. The quantitative estimate of drug-likeness (QED) is 0.641. The molecule has 1 saturated heterocycles. The number of imide groups is 3. The van der Waals surface area contributed by atoms with E-state index in [0.29, 0.717) is 17.4 Å². The van der Waals surface area contributed by atoms with Crippen molar-refractivity contribution in [1.29, 1.82) is 0 Å². The Morgan fingerprint density at radius 1 is 1.27 bits per heavy atom. The SMILES string of the molecule is O=C1CCC(=O)N1C(=O)OCC1CCC1. The molecule has 5 nitrogen and oxygen atoms in total. The predicted molar refractivity (Wildman–Crippen MR) is 49.8 cm³/mol. The van der Waals surface area contributed by atoms with Crippen LogP contribution in [0, 0.1) is 5.92 Å². The van der Waals surface area contributed by atoms with Crippen molar-refractivity contribution in [2.24, 2.45) is 5.92 Å². The van der Waals surface area contributed by atoms with Crippen molar-refractivity contribution in [2.45, 2.75) is 32.1 Å². The van der Waals surface area contributed by atoms with Gasteiger partial charge in [0.1, 0.15) is 0 Å². The molecule has 0 atom stereocenters. The summed E-state index contributed by atoms with van der Waals surface area (Å²) in [7, 11) is 0. The zero-order chi connectivity index (χ0) is 10.8. The highest BCUT2D eigenvalue weighted by Gasteiger charge is 2.36. The highest BCUT2D eigenvalue weighted by atomic mass is 16.6. The molecule has 0 spiro atoms. The van der Waals surface area contributed by atoms with Gasteiger partial charge < -0.3 is 4.74 Å². The summed E-state index contributed by atoms with van der Waals surface area (Å²) in [5.41, 5.74) is 0. The molecule has 1 aliphatic heterocycles. The Bertz CT molecular complexity index is 293. The summed E-state index contributed by atoms with van der Waals surface area (Å²) in [6, 6.07) is 0. The average molecular weight is 211 g/mol. The molecule has 0 unspecified atom stereocenters. The lowest BCUT2D eigenvalue weighted by Gasteiger charge is -2.25. The maximum atomic E-state index is 11.4. The number of carbonyl (C=O) groups is 3. The van der Waals surface area contributed by atoms with E-state index in [4.69, 9.17) is 4.74 Å². The molecular formula is C10H13NO4. The van der Waals surface area contributed by atoms with Gasteiger partial charge in [0.2, 0.25) is 11.8 Å². The third kappa shape index (κ3) is 2.00. The zero-order valence-electron chi connectivity index (χ0n) is 8.40. The summed E-state index contributed by atoms with van der Waals surface area (Å²) in [5, 5.41) is 0. The first-order valence-electron chi connectivity index (χ1n) is 5.21. The summed E-state index contributed by atoms with van der Waals surface area (Å²) in [6.07, 6.45) is 2.75. The van der Waals surface area contributed by atoms with Crippen molar-refractivity contribution in [3.63, 3.8) is 0 Å². The van der Waals surface area contributed by atoms with Crippen LogP contribution in [0.4, 0.5) is 4.79 Å². The van der Waals surface area contributed by atoms with Gasteiger partial charge in [-0.05, 0) is 18.8 Å². The number of likely N-dealkylation sites (tertiary alicyclic amines) is 1. The summed E-state index contributed by atoms with van der Waals surface area (Å²) >= 11 is 0. The minimum atomic E-state index is -0.797. The maximum Gasteiger partial charge on any atom is 0.423 e. The molecule has 82 valence electrons. The van der Waals surface area contributed by atoms with Crippen LogP contribution in [0.15, 0.2) is 0 Å². The number of carbonyl (C=O) groups excluding carboxylic acids is 3. The van der Waals surface area contributed by atoms with Gasteiger partial charge in [0.15, 0.2) is 0 Å². The maximum absolute atomic E-state index is 11.4. The molecule has 0 bridgehead atoms. The molecule has 1 aliphatic carbocycles. The van der Waals surface area contributed by atoms with E-state index in [1.165, 1.54) is 6.42 Å². The van der Waals surface area contributed by atoms with Crippen LogP contribution in [-0.2, 0) is 14.3 Å². The van der Waals surface area contributed by atoms with Gasteiger partial charge >= 0.3 is 6.09 Å². The lowest BCUT2D eigenvalue weighted by Crippen LogP contribution is -2.37. The second kappa shape index (κ2) is 4.00. The molecule has 15 heavy (non-hydrogen) atoms. The van der Waals surface area contributed by atoms with E-state index in [1.807, 2.05) is 0 Å². The largest absolute Gasteiger partial charge is 0.448 e. The highest BCUT2D eigenvalue weighted by molar-refractivity contribution is 6.13. The Hall–Kier alpha value is -1.39. The Morgan fingerprint density at radius 2 is 1.87 bits per heavy atom. The lowest BCUT2D eigenvalue weighted by molar-refractivity contribution is -0.136. The van der Waals surface area contributed by atoms with E-state index in [0.717, 1.165) is 12.8 Å². The molecule has 1 heterocycles. The van der Waals surface area contributed by atoms with Crippen molar-refractivity contribution in [1.82, 2.24) is 4.90 Å². The first kappa shape index (κ1) is 10.1. The molecule has 2 rings (SSSR count). The smallest absolute Gasteiger partial charge is 0.423 e. The van der Waals surface area contributed by atoms with Crippen LogP contribution in [0.1, 0.15) is 32.1 Å². The molecule has 0 aromatic carbocycles. The summed E-state index contributed by atoms with van der Waals surface area (Å²) < 4.78 is 4.92. The first-order valence-corrected chi connectivity index (χ1v) is 5.21. The molecule has 0 N–H and O–H groups in total. The highest BCUT2D eigenvalue weighted by Crippen LogP contribution is 2.26. The van der Waals surface area contributed by atoms with Crippen molar-refractivity contribution in [2.75, 3.05) is 6.61 Å². The minimum Gasteiger partial charge on any atom is -0.448 e. The number of amides is 3. The number of nitrogens with zero attached hydrogens (tertiary/aromatic N) is 1. The standard InChI is InChI=1S/C10H13NO4/c12-8-4-5-9(13)11(8)10(14)15-6-7-2-1-3-7/h7H,1-6H2. The Balaban J connectivity index is 1.83. The fraction of sp³-hybridized carbons (Fsp3) is 0.700. The van der Waals surface area contributed by atoms with Gasteiger partial charge in [-0.25, -0.2) is 4.79 Å².